The molecular weight excluding hydrogens is 302 g/mol. The number of carbonyl (C=O) groups excluding carboxylic acids is 1. The summed E-state index contributed by atoms with van der Waals surface area (Å²) >= 11 is 3.05. The van der Waals surface area contributed by atoms with E-state index < -0.39 is 0 Å². The molecule has 112 valence electrons. The Bertz CT molecular complexity index is 569. The van der Waals surface area contributed by atoms with Gasteiger partial charge in [-0.15, -0.1) is 10.2 Å². The highest BCUT2D eigenvalue weighted by atomic mass is 32.2. The third kappa shape index (κ3) is 5.47. The van der Waals surface area contributed by atoms with Crippen LogP contribution in [0.3, 0.4) is 0 Å². The molecule has 0 saturated heterocycles. The Labute approximate surface area is 133 Å². The van der Waals surface area contributed by atoms with Crippen molar-refractivity contribution in [2.24, 2.45) is 5.92 Å². The first-order valence-corrected chi connectivity index (χ1v) is 8.89. The van der Waals surface area contributed by atoms with Gasteiger partial charge in [0.25, 0.3) is 0 Å². The fourth-order valence-corrected chi connectivity index (χ4v) is 3.42. The van der Waals surface area contributed by atoms with Crippen molar-refractivity contribution in [3.63, 3.8) is 0 Å². The van der Waals surface area contributed by atoms with Crippen LogP contribution in [0.4, 0.5) is 5.13 Å². The molecule has 0 unspecified atom stereocenters. The van der Waals surface area contributed by atoms with Gasteiger partial charge in [-0.2, -0.15) is 11.8 Å². The van der Waals surface area contributed by atoms with Crippen LogP contribution >= 0.6 is 23.1 Å². The van der Waals surface area contributed by atoms with Crippen molar-refractivity contribution in [2.45, 2.75) is 20.3 Å². The first-order chi connectivity index (χ1) is 10.1. The van der Waals surface area contributed by atoms with E-state index in [9.17, 15) is 4.79 Å². The van der Waals surface area contributed by atoms with Crippen molar-refractivity contribution in [3.05, 3.63) is 30.3 Å². The number of amides is 1. The van der Waals surface area contributed by atoms with Crippen LogP contribution in [0.15, 0.2) is 30.3 Å². The normalized spacial score (nSPS) is 10.8. The summed E-state index contributed by atoms with van der Waals surface area (Å²) in [6, 6.07) is 9.84. The van der Waals surface area contributed by atoms with Gasteiger partial charge in [-0.05, 0) is 18.1 Å². The highest BCUT2D eigenvalue weighted by Crippen LogP contribution is 2.25. The van der Waals surface area contributed by atoms with Crippen molar-refractivity contribution in [2.75, 3.05) is 16.8 Å². The summed E-state index contributed by atoms with van der Waals surface area (Å²) in [6.07, 6.45) is 1.13. The van der Waals surface area contributed by atoms with Gasteiger partial charge in [-0.1, -0.05) is 55.5 Å². The molecular formula is C15H19N3OS2. The third-order valence-corrected chi connectivity index (χ3v) is 4.64. The molecule has 0 bridgehead atoms. The van der Waals surface area contributed by atoms with Crippen LogP contribution in [-0.2, 0) is 4.79 Å². The molecule has 0 aliphatic heterocycles. The maximum absolute atomic E-state index is 11.8. The Balaban J connectivity index is 1.81. The van der Waals surface area contributed by atoms with Crippen LogP contribution in [0.25, 0.3) is 10.6 Å². The second kappa shape index (κ2) is 8.14. The van der Waals surface area contributed by atoms with E-state index in [1.54, 1.807) is 11.8 Å². The zero-order valence-corrected chi connectivity index (χ0v) is 13.8. The summed E-state index contributed by atoms with van der Waals surface area (Å²) in [5.74, 6) is 2.14. The number of aromatic nitrogens is 2. The SMILES string of the molecule is CC(C)CCSCC(=O)Nc1nnc(-c2ccccc2)s1. The van der Waals surface area contributed by atoms with Crippen LogP contribution in [-0.4, -0.2) is 27.6 Å². The van der Waals surface area contributed by atoms with E-state index in [4.69, 9.17) is 0 Å². The Hall–Kier alpha value is -1.40. The number of carbonyl (C=O) groups is 1. The lowest BCUT2D eigenvalue weighted by molar-refractivity contribution is -0.113. The van der Waals surface area contributed by atoms with E-state index in [1.807, 2.05) is 30.3 Å². The zero-order chi connectivity index (χ0) is 15.1. The molecule has 0 fully saturated rings. The third-order valence-electron chi connectivity index (χ3n) is 2.76. The van der Waals surface area contributed by atoms with E-state index in [0.717, 1.165) is 22.7 Å². The first-order valence-electron chi connectivity index (χ1n) is 6.91. The second-order valence-corrected chi connectivity index (χ2v) is 7.14. The van der Waals surface area contributed by atoms with Crippen LogP contribution in [0.5, 0.6) is 0 Å². The Morgan fingerprint density at radius 3 is 2.76 bits per heavy atom. The quantitative estimate of drug-likeness (QED) is 0.785. The van der Waals surface area contributed by atoms with Crippen molar-refractivity contribution in [1.29, 1.82) is 0 Å². The van der Waals surface area contributed by atoms with Crippen molar-refractivity contribution < 1.29 is 4.79 Å². The number of hydrogen-bond donors (Lipinski definition) is 1. The van der Waals surface area contributed by atoms with Gasteiger partial charge in [0.2, 0.25) is 11.0 Å². The molecule has 0 spiro atoms. The van der Waals surface area contributed by atoms with Gasteiger partial charge in [0.05, 0.1) is 5.75 Å². The molecule has 21 heavy (non-hydrogen) atoms. The topological polar surface area (TPSA) is 54.9 Å². The molecule has 6 heteroatoms. The predicted molar refractivity (Wildman–Crippen MR) is 90.8 cm³/mol. The molecule has 2 aromatic rings. The molecule has 0 aliphatic rings. The van der Waals surface area contributed by atoms with Crippen LogP contribution in [0.1, 0.15) is 20.3 Å². The van der Waals surface area contributed by atoms with Gasteiger partial charge in [0.1, 0.15) is 5.01 Å². The van der Waals surface area contributed by atoms with Crippen molar-refractivity contribution in [1.82, 2.24) is 10.2 Å². The number of rotatable bonds is 7. The highest BCUT2D eigenvalue weighted by Gasteiger charge is 2.09. The fraction of sp³-hybridized carbons (Fsp3) is 0.400. The van der Waals surface area contributed by atoms with Crippen LogP contribution in [0, 0.1) is 5.92 Å². The van der Waals surface area contributed by atoms with E-state index in [1.165, 1.54) is 11.3 Å². The van der Waals surface area contributed by atoms with E-state index in [0.29, 0.717) is 16.8 Å². The molecule has 1 aromatic heterocycles. The van der Waals surface area contributed by atoms with Gasteiger partial charge >= 0.3 is 0 Å². The molecule has 0 atom stereocenters. The van der Waals surface area contributed by atoms with Crippen LogP contribution < -0.4 is 5.32 Å². The smallest absolute Gasteiger partial charge is 0.236 e. The van der Waals surface area contributed by atoms with Gasteiger partial charge in [-0.25, -0.2) is 0 Å². The zero-order valence-electron chi connectivity index (χ0n) is 12.2. The lowest BCUT2D eigenvalue weighted by atomic mass is 10.2. The summed E-state index contributed by atoms with van der Waals surface area (Å²) in [7, 11) is 0. The fourth-order valence-electron chi connectivity index (χ4n) is 1.61. The molecule has 1 N–H and O–H groups in total. The first kappa shape index (κ1) is 16.0. The maximum Gasteiger partial charge on any atom is 0.236 e. The largest absolute Gasteiger partial charge is 0.300 e. The molecule has 1 aromatic carbocycles. The summed E-state index contributed by atoms with van der Waals surface area (Å²) in [5.41, 5.74) is 1.02. The predicted octanol–water partition coefficient (Wildman–Crippen LogP) is 3.92. The maximum atomic E-state index is 11.8. The molecule has 4 nitrogen and oxygen atoms in total. The number of anilines is 1. The average Bonchev–Trinajstić information content (AvgIpc) is 2.93. The standard InChI is InChI=1S/C15H19N3OS2/c1-11(2)8-9-20-10-13(19)16-15-18-17-14(21-15)12-6-4-3-5-7-12/h3-7,11H,8-10H2,1-2H3,(H,16,18,19). The number of benzene rings is 1. The number of nitrogens with one attached hydrogen (secondary N) is 1. The minimum Gasteiger partial charge on any atom is -0.300 e. The van der Waals surface area contributed by atoms with Gasteiger partial charge in [0, 0.05) is 5.56 Å². The molecule has 1 amide bonds. The van der Waals surface area contributed by atoms with E-state index in [-0.39, 0.29) is 5.91 Å². The second-order valence-electron chi connectivity index (χ2n) is 5.06. The van der Waals surface area contributed by atoms with Crippen molar-refractivity contribution in [3.8, 4) is 10.6 Å². The molecule has 1 heterocycles. The van der Waals surface area contributed by atoms with Gasteiger partial charge in [-0.3, -0.25) is 10.1 Å². The van der Waals surface area contributed by atoms with Crippen molar-refractivity contribution >= 4 is 34.1 Å². The molecule has 0 saturated carbocycles. The lowest BCUT2D eigenvalue weighted by Gasteiger charge is -2.03. The number of nitrogens with zero attached hydrogens (tertiary/aromatic N) is 2. The molecule has 0 radical (unpaired) electrons. The van der Waals surface area contributed by atoms with Crippen LogP contribution in [0.2, 0.25) is 0 Å². The number of thioether (sulfide) groups is 1. The van der Waals surface area contributed by atoms with Gasteiger partial charge in [0.15, 0.2) is 0 Å². The van der Waals surface area contributed by atoms with E-state index in [2.05, 4.69) is 29.4 Å². The lowest BCUT2D eigenvalue weighted by Crippen LogP contribution is -2.14. The summed E-state index contributed by atoms with van der Waals surface area (Å²) in [4.78, 5) is 11.8. The summed E-state index contributed by atoms with van der Waals surface area (Å²) in [5, 5.41) is 12.3. The minimum absolute atomic E-state index is 0.0143. The highest BCUT2D eigenvalue weighted by molar-refractivity contribution is 7.99. The Morgan fingerprint density at radius 1 is 1.29 bits per heavy atom. The average molecular weight is 321 g/mol. The summed E-state index contributed by atoms with van der Waals surface area (Å²) in [6.45, 7) is 4.37. The summed E-state index contributed by atoms with van der Waals surface area (Å²) < 4.78 is 0. The Morgan fingerprint density at radius 2 is 2.05 bits per heavy atom. The number of hydrogen-bond acceptors (Lipinski definition) is 5. The van der Waals surface area contributed by atoms with Gasteiger partial charge < -0.3 is 0 Å². The monoisotopic (exact) mass is 321 g/mol. The Kier molecular flexibility index (Phi) is 6.20. The van der Waals surface area contributed by atoms with E-state index >= 15 is 0 Å². The molecule has 0 aliphatic carbocycles. The minimum atomic E-state index is -0.0143. The molecule has 2 rings (SSSR count).